The quantitative estimate of drug-likeness (QED) is 0.0745. The largest absolute Gasteiger partial charge is 0.476 e. The Kier molecular flexibility index (Phi) is 19.1. The number of nitrogens with one attached hydrogen (secondary N) is 3. The third-order valence-corrected chi connectivity index (χ3v) is 8.37. The zero-order valence-corrected chi connectivity index (χ0v) is 34.9. The molecule has 4 N–H and O–H groups in total. The monoisotopic (exact) mass is 907 g/mol. The number of aromatic nitrogens is 3. The van der Waals surface area contributed by atoms with Gasteiger partial charge in [-0.1, -0.05) is 16.6 Å². The van der Waals surface area contributed by atoms with E-state index in [0.717, 1.165) is 11.5 Å². The van der Waals surface area contributed by atoms with Crippen LogP contribution in [-0.2, 0) is 0 Å². The number of hydrogen-bond acceptors (Lipinski definition) is 16. The van der Waals surface area contributed by atoms with E-state index < -0.39 is 17.7 Å². The standard InChI is InChI=1S/C14H9FN2OS.C12H8N2O2S.C10H6N4OS2.C4H3NO2S/c15-13-4-2-1-3-12(13)14(18)17-11-7-5-10(6-8-11)16-9-19;15-12(11-2-1-7-16-11)14-10-5-3-9(4-6-10)13-8-17;15-10(9-5-17-14-13-9)12-8-3-1-7(2-4-8)11-6-16;6-4(7)3-1-8-2-5-3/h1-8H,(H,17,18);1-7H,(H,14,15);1-5H,(H,12,15);1-2H,(H,6,7). The van der Waals surface area contributed by atoms with Crippen LogP contribution in [0.5, 0.6) is 0 Å². The van der Waals surface area contributed by atoms with Crippen LogP contribution in [0.25, 0.3) is 0 Å². The minimum absolute atomic E-state index is 0.00323. The van der Waals surface area contributed by atoms with Gasteiger partial charge in [-0.15, -0.1) is 16.4 Å². The van der Waals surface area contributed by atoms with Gasteiger partial charge in [-0.3, -0.25) is 14.4 Å². The molecule has 0 aliphatic carbocycles. The summed E-state index contributed by atoms with van der Waals surface area (Å²) in [7, 11) is 0. The molecule has 0 unspecified atom stereocenters. The molecule has 21 heteroatoms. The Bertz CT molecular complexity index is 2560. The molecule has 7 rings (SSSR count). The second-order valence-corrected chi connectivity index (χ2v) is 12.9. The number of furan rings is 1. The highest BCUT2D eigenvalue weighted by Gasteiger charge is 2.11. The molecule has 0 atom stereocenters. The Morgan fingerprint density at radius 2 is 1.15 bits per heavy atom. The van der Waals surface area contributed by atoms with Gasteiger partial charge < -0.3 is 25.5 Å². The number of hydrogen-bond donors (Lipinski definition) is 4. The number of carbonyl (C=O) groups excluding carboxylic acids is 3. The van der Waals surface area contributed by atoms with E-state index in [1.54, 1.807) is 96.4 Å². The summed E-state index contributed by atoms with van der Waals surface area (Å²) in [5, 5.41) is 29.7. The lowest BCUT2D eigenvalue weighted by Crippen LogP contribution is -2.13. The highest BCUT2D eigenvalue weighted by molar-refractivity contribution is 7.78. The molecule has 0 bridgehead atoms. The second-order valence-electron chi connectivity index (χ2n) is 11.0. The number of anilines is 3. The van der Waals surface area contributed by atoms with Gasteiger partial charge in [0.25, 0.3) is 17.7 Å². The molecular formula is C40H26FN9O6S5. The van der Waals surface area contributed by atoms with Crippen molar-refractivity contribution in [1.29, 1.82) is 0 Å². The van der Waals surface area contributed by atoms with Crippen LogP contribution >= 0.6 is 59.5 Å². The van der Waals surface area contributed by atoms with Crippen molar-refractivity contribution in [3.8, 4) is 0 Å². The average Bonchev–Trinajstić information content (AvgIpc) is 4.10. The fraction of sp³-hybridized carbons (Fsp3) is 0. The van der Waals surface area contributed by atoms with E-state index in [1.807, 2.05) is 0 Å². The van der Waals surface area contributed by atoms with Crippen molar-refractivity contribution in [2.75, 3.05) is 16.0 Å². The number of thiocarbonyl (C=S) groups is 3. The predicted molar refractivity (Wildman–Crippen MR) is 241 cm³/mol. The summed E-state index contributed by atoms with van der Waals surface area (Å²) in [6.07, 6.45) is 1.45. The lowest BCUT2D eigenvalue weighted by molar-refractivity contribution is 0.0690. The van der Waals surface area contributed by atoms with Crippen molar-refractivity contribution in [2.24, 2.45) is 15.0 Å². The third kappa shape index (κ3) is 16.0. The molecule has 3 amide bonds. The first-order chi connectivity index (χ1) is 29.6. The summed E-state index contributed by atoms with van der Waals surface area (Å²) >= 11 is 15.9. The van der Waals surface area contributed by atoms with E-state index in [2.05, 4.69) is 97.6 Å². The van der Waals surface area contributed by atoms with Crippen molar-refractivity contribution < 1.29 is 33.1 Å². The second kappa shape index (κ2) is 25.1. The summed E-state index contributed by atoms with van der Waals surface area (Å²) in [5.74, 6) is -2.32. The number of halogens is 1. The number of thiazole rings is 1. The number of amides is 3. The summed E-state index contributed by atoms with van der Waals surface area (Å²) in [6, 6.07) is 29.6. The van der Waals surface area contributed by atoms with E-state index >= 15 is 0 Å². The fourth-order valence-corrected chi connectivity index (χ4v) is 5.52. The predicted octanol–water partition coefficient (Wildman–Crippen LogP) is 10.4. The Balaban J connectivity index is 0.000000185. The molecule has 3 heterocycles. The Morgan fingerprint density at radius 1 is 0.639 bits per heavy atom. The van der Waals surface area contributed by atoms with Crippen LogP contribution < -0.4 is 16.0 Å². The molecule has 15 nitrogen and oxygen atoms in total. The topological polar surface area (TPSA) is 213 Å². The van der Waals surface area contributed by atoms with E-state index in [-0.39, 0.29) is 28.8 Å². The SMILES string of the molecule is O=C(Nc1ccc(N=C=S)cc1)c1ccccc1F.O=C(Nc1ccc(N=C=S)cc1)c1ccco1.O=C(Nc1ccc(N=C=S)cc1)c1csnn1.O=C(O)c1cscn1. The number of carboxylic acid groups (broad SMARTS) is 1. The van der Waals surface area contributed by atoms with Gasteiger partial charge in [0.15, 0.2) is 17.1 Å². The fourth-order valence-electron chi connectivity index (χ4n) is 4.24. The first-order valence-corrected chi connectivity index (χ1v) is 19.7. The number of aliphatic imine (C=N–C) groups is 3. The summed E-state index contributed by atoms with van der Waals surface area (Å²) in [5.41, 5.74) is 5.80. The maximum atomic E-state index is 13.4. The van der Waals surface area contributed by atoms with Crippen LogP contribution in [0.3, 0.4) is 0 Å². The van der Waals surface area contributed by atoms with Gasteiger partial charge in [-0.25, -0.2) is 14.2 Å². The molecule has 0 saturated heterocycles. The van der Waals surface area contributed by atoms with E-state index in [0.29, 0.717) is 39.8 Å². The van der Waals surface area contributed by atoms with Crippen LogP contribution in [0.15, 0.2) is 151 Å². The van der Waals surface area contributed by atoms with Gasteiger partial charge in [-0.2, -0.15) is 15.0 Å². The Labute approximate surface area is 369 Å². The van der Waals surface area contributed by atoms with Gasteiger partial charge in [0.1, 0.15) is 5.82 Å². The van der Waals surface area contributed by atoms with Crippen LogP contribution in [0.2, 0.25) is 0 Å². The highest BCUT2D eigenvalue weighted by Crippen LogP contribution is 2.19. The lowest BCUT2D eigenvalue weighted by Gasteiger charge is -2.05. The molecule has 304 valence electrons. The molecule has 4 aromatic carbocycles. The number of carbonyl (C=O) groups is 4. The van der Waals surface area contributed by atoms with Gasteiger partial charge in [0, 0.05) is 27.8 Å². The van der Waals surface area contributed by atoms with Crippen LogP contribution in [0.1, 0.15) is 41.9 Å². The van der Waals surface area contributed by atoms with Gasteiger partial charge in [-0.05, 0) is 145 Å². The molecule has 61 heavy (non-hydrogen) atoms. The van der Waals surface area contributed by atoms with Crippen molar-refractivity contribution >= 4 is 133 Å². The van der Waals surface area contributed by atoms with Crippen molar-refractivity contribution in [3.63, 3.8) is 0 Å². The third-order valence-electron chi connectivity index (χ3n) is 7.01. The van der Waals surface area contributed by atoms with Gasteiger partial charge in [0.05, 0.1) is 49.9 Å². The molecule has 0 fully saturated rings. The molecule has 0 radical (unpaired) electrons. The Morgan fingerprint density at radius 3 is 1.54 bits per heavy atom. The smallest absolute Gasteiger partial charge is 0.355 e. The maximum Gasteiger partial charge on any atom is 0.355 e. The van der Waals surface area contributed by atoms with Gasteiger partial charge in [0.2, 0.25) is 0 Å². The van der Waals surface area contributed by atoms with E-state index in [4.69, 9.17) is 9.52 Å². The Hall–Kier alpha value is -7.44. The molecule has 3 aromatic heterocycles. The minimum atomic E-state index is -0.966. The first kappa shape index (κ1) is 46.3. The lowest BCUT2D eigenvalue weighted by atomic mass is 10.2. The zero-order valence-electron chi connectivity index (χ0n) is 30.8. The average molecular weight is 908 g/mol. The minimum Gasteiger partial charge on any atom is -0.476 e. The summed E-state index contributed by atoms with van der Waals surface area (Å²) in [4.78, 5) is 60.0. The van der Waals surface area contributed by atoms with Crippen LogP contribution in [-0.4, -0.2) is 58.9 Å². The summed E-state index contributed by atoms with van der Waals surface area (Å²) in [6.45, 7) is 0. The molecule has 0 saturated carbocycles. The molecule has 0 aliphatic heterocycles. The molecule has 0 spiro atoms. The molecular weight excluding hydrogens is 882 g/mol. The number of aromatic carboxylic acids is 1. The van der Waals surface area contributed by atoms with E-state index in [9.17, 15) is 23.6 Å². The number of isothiocyanates is 3. The van der Waals surface area contributed by atoms with Crippen molar-refractivity contribution in [3.05, 3.63) is 160 Å². The van der Waals surface area contributed by atoms with Crippen LogP contribution in [0, 0.1) is 5.82 Å². The molecule has 7 aromatic rings. The highest BCUT2D eigenvalue weighted by atomic mass is 32.1. The maximum absolute atomic E-state index is 13.4. The normalized spacial score (nSPS) is 9.39. The number of rotatable bonds is 10. The van der Waals surface area contributed by atoms with Crippen molar-refractivity contribution in [2.45, 2.75) is 0 Å². The first-order valence-electron chi connectivity index (χ1n) is 16.7. The molecule has 0 aliphatic rings. The van der Waals surface area contributed by atoms with Crippen LogP contribution in [0.4, 0.5) is 38.5 Å². The number of benzene rings is 4. The zero-order chi connectivity index (χ0) is 43.8. The van der Waals surface area contributed by atoms with Crippen molar-refractivity contribution in [1.82, 2.24) is 14.6 Å². The summed E-state index contributed by atoms with van der Waals surface area (Å²) < 4.78 is 22.0. The van der Waals surface area contributed by atoms with E-state index in [1.165, 1.54) is 46.7 Å². The van der Waals surface area contributed by atoms with Gasteiger partial charge >= 0.3 is 5.97 Å². The number of carboxylic acids is 1. The number of nitrogens with zero attached hydrogens (tertiary/aromatic N) is 6.